The number of hydrogen-bond acceptors (Lipinski definition) is 2. The van der Waals surface area contributed by atoms with Gasteiger partial charge in [0.2, 0.25) is 0 Å². The quantitative estimate of drug-likeness (QED) is 0.903. The number of amides is 2. The molecule has 1 aromatic heterocycles. The van der Waals surface area contributed by atoms with Gasteiger partial charge in [0.25, 0.3) is 0 Å². The molecule has 1 saturated carbocycles. The molecule has 3 rings (SSSR count). The largest absolute Gasteiger partial charge is 0.335 e. The van der Waals surface area contributed by atoms with E-state index in [1.54, 1.807) is 6.20 Å². The summed E-state index contributed by atoms with van der Waals surface area (Å²) in [5.41, 5.74) is 2.05. The smallest absolute Gasteiger partial charge is 0.315 e. The van der Waals surface area contributed by atoms with Gasteiger partial charge in [-0.1, -0.05) is 26.0 Å². The number of hydrogen-bond donors (Lipinski definition) is 2. The number of carbonyl (C=O) groups is 1. The zero-order chi connectivity index (χ0) is 16.9. The van der Waals surface area contributed by atoms with Gasteiger partial charge in [0.15, 0.2) is 0 Å². The summed E-state index contributed by atoms with van der Waals surface area (Å²) in [4.78, 5) is 12.2. The molecule has 0 aliphatic heterocycles. The minimum absolute atomic E-state index is 0.0779. The van der Waals surface area contributed by atoms with Gasteiger partial charge in [-0.3, -0.25) is 0 Å². The van der Waals surface area contributed by atoms with Crippen molar-refractivity contribution in [1.29, 1.82) is 0 Å². The second-order valence-electron chi connectivity index (χ2n) is 6.95. The molecular weight excluding hydrogens is 300 g/mol. The molecule has 5 heteroatoms. The standard InChI is InChI=1S/C19H26N4O/c1-14-7-8-18(15(2)11-14)22-19(24)20-13-16-5-3-6-17(12-16)23-10-4-9-21-23/h3-6,9-10,12,14-15,18H,7-8,11,13H2,1-2H3,(H2,20,22,24). The van der Waals surface area contributed by atoms with E-state index in [4.69, 9.17) is 0 Å². The van der Waals surface area contributed by atoms with Gasteiger partial charge in [-0.2, -0.15) is 5.10 Å². The number of urea groups is 1. The van der Waals surface area contributed by atoms with E-state index in [1.807, 2.05) is 41.2 Å². The van der Waals surface area contributed by atoms with Crippen molar-refractivity contribution in [2.45, 2.75) is 45.7 Å². The summed E-state index contributed by atoms with van der Waals surface area (Å²) in [6.45, 7) is 5.03. The number of rotatable bonds is 4. The van der Waals surface area contributed by atoms with Crippen molar-refractivity contribution in [2.24, 2.45) is 11.8 Å². The van der Waals surface area contributed by atoms with Crippen LogP contribution in [-0.2, 0) is 6.54 Å². The van der Waals surface area contributed by atoms with Crippen molar-refractivity contribution < 1.29 is 4.79 Å². The second kappa shape index (κ2) is 7.51. The Labute approximate surface area is 143 Å². The van der Waals surface area contributed by atoms with Crippen molar-refractivity contribution in [1.82, 2.24) is 20.4 Å². The molecular formula is C19H26N4O. The van der Waals surface area contributed by atoms with E-state index in [2.05, 4.69) is 29.6 Å². The molecule has 3 unspecified atom stereocenters. The Morgan fingerprint density at radius 3 is 2.92 bits per heavy atom. The monoisotopic (exact) mass is 326 g/mol. The topological polar surface area (TPSA) is 59.0 Å². The molecule has 2 N–H and O–H groups in total. The van der Waals surface area contributed by atoms with Crippen LogP contribution in [0.15, 0.2) is 42.7 Å². The van der Waals surface area contributed by atoms with Crippen LogP contribution >= 0.6 is 0 Å². The molecule has 2 amide bonds. The lowest BCUT2D eigenvalue weighted by atomic mass is 9.80. The normalized spacial score (nSPS) is 23.7. The van der Waals surface area contributed by atoms with Gasteiger partial charge in [0, 0.05) is 25.0 Å². The molecule has 0 radical (unpaired) electrons. The summed E-state index contributed by atoms with van der Waals surface area (Å²) in [5, 5.41) is 10.3. The van der Waals surface area contributed by atoms with E-state index < -0.39 is 0 Å². The number of benzene rings is 1. The first-order valence-electron chi connectivity index (χ1n) is 8.75. The molecule has 5 nitrogen and oxygen atoms in total. The molecule has 0 saturated heterocycles. The van der Waals surface area contributed by atoms with E-state index >= 15 is 0 Å². The lowest BCUT2D eigenvalue weighted by Gasteiger charge is -2.33. The average molecular weight is 326 g/mol. The van der Waals surface area contributed by atoms with Gasteiger partial charge in [0.1, 0.15) is 0 Å². The summed E-state index contributed by atoms with van der Waals surface area (Å²) in [6.07, 6.45) is 7.12. The maximum Gasteiger partial charge on any atom is 0.315 e. The lowest BCUT2D eigenvalue weighted by Crippen LogP contribution is -2.46. The van der Waals surface area contributed by atoms with Crippen LogP contribution in [0.25, 0.3) is 5.69 Å². The predicted octanol–water partition coefficient (Wildman–Crippen LogP) is 3.50. The number of carbonyl (C=O) groups excluding carboxylic acids is 1. The van der Waals surface area contributed by atoms with Crippen molar-refractivity contribution in [3.05, 3.63) is 48.3 Å². The average Bonchev–Trinajstić information content (AvgIpc) is 3.10. The SMILES string of the molecule is CC1CCC(NC(=O)NCc2cccc(-n3cccn3)c2)C(C)C1. The maximum absolute atomic E-state index is 12.2. The second-order valence-corrected chi connectivity index (χ2v) is 6.95. The van der Waals surface area contributed by atoms with Crippen LogP contribution in [-0.4, -0.2) is 21.9 Å². The highest BCUT2D eigenvalue weighted by atomic mass is 16.2. The Morgan fingerprint density at radius 1 is 1.29 bits per heavy atom. The maximum atomic E-state index is 12.2. The Kier molecular flexibility index (Phi) is 5.18. The Bertz CT molecular complexity index is 668. The third-order valence-electron chi connectivity index (χ3n) is 4.88. The van der Waals surface area contributed by atoms with Crippen LogP contribution in [0.4, 0.5) is 4.79 Å². The first-order valence-corrected chi connectivity index (χ1v) is 8.75. The van der Waals surface area contributed by atoms with Gasteiger partial charge < -0.3 is 10.6 Å². The summed E-state index contributed by atoms with van der Waals surface area (Å²) in [7, 11) is 0. The van der Waals surface area contributed by atoms with Crippen molar-refractivity contribution in [3.63, 3.8) is 0 Å². The van der Waals surface area contributed by atoms with Gasteiger partial charge in [-0.05, 0) is 54.9 Å². The third kappa shape index (κ3) is 4.16. The van der Waals surface area contributed by atoms with Crippen LogP contribution in [0.3, 0.4) is 0 Å². The van der Waals surface area contributed by atoms with Crippen LogP contribution in [0.2, 0.25) is 0 Å². The molecule has 2 aromatic rings. The molecule has 128 valence electrons. The lowest BCUT2D eigenvalue weighted by molar-refractivity contribution is 0.206. The number of nitrogens with zero attached hydrogens (tertiary/aromatic N) is 2. The molecule has 1 aliphatic carbocycles. The molecule has 0 spiro atoms. The molecule has 1 fully saturated rings. The van der Waals surface area contributed by atoms with E-state index in [0.29, 0.717) is 12.5 Å². The third-order valence-corrected chi connectivity index (χ3v) is 4.88. The first kappa shape index (κ1) is 16.6. The van der Waals surface area contributed by atoms with Gasteiger partial charge in [-0.25, -0.2) is 9.48 Å². The minimum Gasteiger partial charge on any atom is -0.335 e. The highest BCUT2D eigenvalue weighted by molar-refractivity contribution is 5.74. The summed E-state index contributed by atoms with van der Waals surface area (Å²) < 4.78 is 1.81. The molecule has 1 heterocycles. The van der Waals surface area contributed by atoms with Gasteiger partial charge in [-0.15, -0.1) is 0 Å². The predicted molar refractivity (Wildman–Crippen MR) is 94.9 cm³/mol. The van der Waals surface area contributed by atoms with Gasteiger partial charge >= 0.3 is 6.03 Å². The fraction of sp³-hybridized carbons (Fsp3) is 0.474. The zero-order valence-electron chi connectivity index (χ0n) is 14.4. The zero-order valence-corrected chi connectivity index (χ0v) is 14.4. The van der Waals surface area contributed by atoms with Crippen LogP contribution in [0.1, 0.15) is 38.7 Å². The molecule has 1 aromatic carbocycles. The van der Waals surface area contributed by atoms with Crippen molar-refractivity contribution in [2.75, 3.05) is 0 Å². The fourth-order valence-electron chi connectivity index (χ4n) is 3.51. The van der Waals surface area contributed by atoms with Crippen molar-refractivity contribution >= 4 is 6.03 Å². The van der Waals surface area contributed by atoms with Crippen molar-refractivity contribution in [3.8, 4) is 5.69 Å². The fourth-order valence-corrected chi connectivity index (χ4v) is 3.51. The highest BCUT2D eigenvalue weighted by Crippen LogP contribution is 2.28. The Balaban J connectivity index is 1.52. The van der Waals surface area contributed by atoms with E-state index in [9.17, 15) is 4.79 Å². The Hall–Kier alpha value is -2.30. The molecule has 3 atom stereocenters. The van der Waals surface area contributed by atoms with E-state index in [-0.39, 0.29) is 12.1 Å². The van der Waals surface area contributed by atoms with Crippen LogP contribution in [0.5, 0.6) is 0 Å². The molecule has 0 bridgehead atoms. The first-order chi connectivity index (χ1) is 11.6. The summed E-state index contributed by atoms with van der Waals surface area (Å²) >= 11 is 0. The number of nitrogens with one attached hydrogen (secondary N) is 2. The van der Waals surface area contributed by atoms with Gasteiger partial charge in [0.05, 0.1) is 5.69 Å². The molecule has 24 heavy (non-hydrogen) atoms. The Morgan fingerprint density at radius 2 is 2.17 bits per heavy atom. The number of aromatic nitrogens is 2. The summed E-state index contributed by atoms with van der Waals surface area (Å²) in [6, 6.07) is 10.1. The van der Waals surface area contributed by atoms with Crippen LogP contribution in [0, 0.1) is 11.8 Å². The highest BCUT2D eigenvalue weighted by Gasteiger charge is 2.26. The van der Waals surface area contributed by atoms with E-state index in [1.165, 1.54) is 12.8 Å². The minimum atomic E-state index is -0.0779. The molecule has 1 aliphatic rings. The van der Waals surface area contributed by atoms with E-state index in [0.717, 1.165) is 23.6 Å². The van der Waals surface area contributed by atoms with Crippen LogP contribution < -0.4 is 10.6 Å². The summed E-state index contributed by atoms with van der Waals surface area (Å²) in [5.74, 6) is 1.31.